The van der Waals surface area contributed by atoms with Crippen molar-refractivity contribution in [1.29, 1.82) is 0 Å². The van der Waals surface area contributed by atoms with Crippen LogP contribution in [0.4, 0.5) is 0 Å². The van der Waals surface area contributed by atoms with Crippen LogP contribution in [0.2, 0.25) is 0 Å². The molecule has 1 unspecified atom stereocenters. The molecule has 0 aromatic heterocycles. The van der Waals surface area contributed by atoms with E-state index in [0.717, 1.165) is 5.56 Å². The minimum Gasteiger partial charge on any atom is -0.349 e. The number of amides is 1. The molecule has 1 saturated heterocycles. The number of hydrogen-bond donors (Lipinski definition) is 1. The van der Waals surface area contributed by atoms with Crippen LogP contribution in [0.3, 0.4) is 0 Å². The Hall–Kier alpha value is -1.44. The summed E-state index contributed by atoms with van der Waals surface area (Å²) < 4.78 is 26.9. The second kappa shape index (κ2) is 7.85. The van der Waals surface area contributed by atoms with Gasteiger partial charge in [-0.1, -0.05) is 18.2 Å². The van der Waals surface area contributed by atoms with Crippen LogP contribution in [-0.4, -0.2) is 50.1 Å². The van der Waals surface area contributed by atoms with E-state index < -0.39 is 10.2 Å². The number of carbonyl (C=O) groups excluding carboxylic acids is 1. The lowest BCUT2D eigenvalue weighted by Gasteiger charge is -2.32. The highest BCUT2D eigenvalue weighted by Crippen LogP contribution is 2.23. The molecule has 6 nitrogen and oxygen atoms in total. The van der Waals surface area contributed by atoms with Crippen molar-refractivity contribution in [3.05, 3.63) is 34.9 Å². The molecule has 140 valence electrons. The van der Waals surface area contributed by atoms with E-state index in [-0.39, 0.29) is 17.9 Å². The molecule has 1 atom stereocenters. The van der Waals surface area contributed by atoms with Crippen molar-refractivity contribution in [2.24, 2.45) is 5.92 Å². The maximum Gasteiger partial charge on any atom is 0.281 e. The molecular weight excluding hydrogens is 338 g/mol. The van der Waals surface area contributed by atoms with Crippen molar-refractivity contribution in [2.45, 2.75) is 39.7 Å². The van der Waals surface area contributed by atoms with Gasteiger partial charge in [0, 0.05) is 33.1 Å². The fourth-order valence-electron chi connectivity index (χ4n) is 3.03. The van der Waals surface area contributed by atoms with Gasteiger partial charge in [-0.3, -0.25) is 4.79 Å². The zero-order valence-corrected chi connectivity index (χ0v) is 16.6. The van der Waals surface area contributed by atoms with E-state index in [0.29, 0.717) is 25.9 Å². The summed E-state index contributed by atoms with van der Waals surface area (Å²) in [5, 5.41) is 3.07. The lowest BCUT2D eigenvalue weighted by Crippen LogP contribution is -2.47. The molecule has 1 aliphatic rings. The summed E-state index contributed by atoms with van der Waals surface area (Å²) in [4.78, 5) is 12.5. The minimum atomic E-state index is -3.39. The molecule has 1 fully saturated rings. The van der Waals surface area contributed by atoms with Crippen LogP contribution in [0, 0.1) is 19.8 Å². The van der Waals surface area contributed by atoms with Crippen LogP contribution < -0.4 is 5.32 Å². The molecule has 25 heavy (non-hydrogen) atoms. The zero-order chi connectivity index (χ0) is 18.8. The molecule has 0 saturated carbocycles. The van der Waals surface area contributed by atoms with Crippen molar-refractivity contribution < 1.29 is 13.2 Å². The topological polar surface area (TPSA) is 69.7 Å². The predicted molar refractivity (Wildman–Crippen MR) is 99.4 cm³/mol. The highest BCUT2D eigenvalue weighted by atomic mass is 32.2. The number of piperidine rings is 1. The van der Waals surface area contributed by atoms with E-state index in [1.807, 2.05) is 13.0 Å². The second-order valence-electron chi connectivity index (χ2n) is 7.04. The van der Waals surface area contributed by atoms with Crippen LogP contribution in [0.25, 0.3) is 0 Å². The highest BCUT2D eigenvalue weighted by Gasteiger charge is 2.32. The predicted octanol–water partition coefficient (Wildman–Crippen LogP) is 2.00. The molecule has 1 aromatic carbocycles. The Bertz CT molecular complexity index is 723. The maximum absolute atomic E-state index is 12.5. The number of benzene rings is 1. The van der Waals surface area contributed by atoms with Crippen LogP contribution in [0.15, 0.2) is 18.2 Å². The lowest BCUT2D eigenvalue weighted by molar-refractivity contribution is -0.126. The molecule has 1 amide bonds. The Labute approximate surface area is 151 Å². The van der Waals surface area contributed by atoms with Gasteiger partial charge in [0.15, 0.2) is 0 Å². The first-order valence-corrected chi connectivity index (χ1v) is 10.1. The van der Waals surface area contributed by atoms with Crippen LogP contribution in [-0.2, 0) is 15.0 Å². The van der Waals surface area contributed by atoms with Gasteiger partial charge in [-0.05, 0) is 50.3 Å². The van der Waals surface area contributed by atoms with Gasteiger partial charge >= 0.3 is 0 Å². The standard InChI is InChI=1S/C18H29N3O3S/c1-13-6-7-17(12-14(13)2)15(3)19-18(22)16-8-10-21(11-9-16)25(23,24)20(4)5/h6-7,12,15-16H,8-11H2,1-5H3,(H,19,22). The van der Waals surface area contributed by atoms with Crippen LogP contribution in [0.1, 0.15) is 42.5 Å². The lowest BCUT2D eigenvalue weighted by atomic mass is 9.96. The molecule has 0 aliphatic carbocycles. The largest absolute Gasteiger partial charge is 0.349 e. The minimum absolute atomic E-state index is 0.00706. The number of hydrogen-bond acceptors (Lipinski definition) is 3. The van der Waals surface area contributed by atoms with Gasteiger partial charge in [0.1, 0.15) is 0 Å². The SMILES string of the molecule is Cc1ccc(C(C)NC(=O)C2CCN(S(=O)(=O)N(C)C)CC2)cc1C. The Morgan fingerprint density at radius 3 is 2.32 bits per heavy atom. The van der Waals surface area contributed by atoms with Gasteiger partial charge in [-0.15, -0.1) is 0 Å². The fraction of sp³-hybridized carbons (Fsp3) is 0.611. The Morgan fingerprint density at radius 2 is 1.80 bits per heavy atom. The molecular formula is C18H29N3O3S. The highest BCUT2D eigenvalue weighted by molar-refractivity contribution is 7.86. The molecule has 0 spiro atoms. The molecule has 7 heteroatoms. The average molecular weight is 368 g/mol. The third-order valence-corrected chi connectivity index (χ3v) is 6.94. The first kappa shape index (κ1) is 19.9. The summed E-state index contributed by atoms with van der Waals surface area (Å²) >= 11 is 0. The molecule has 0 bridgehead atoms. The maximum atomic E-state index is 12.5. The molecule has 2 rings (SSSR count). The molecule has 1 aromatic rings. The summed E-state index contributed by atoms with van der Waals surface area (Å²) in [5.74, 6) is -0.129. The molecule has 1 aliphatic heterocycles. The molecule has 1 N–H and O–H groups in total. The average Bonchev–Trinajstić information content (AvgIpc) is 2.57. The summed E-state index contributed by atoms with van der Waals surface area (Å²) in [6.45, 7) is 6.88. The third-order valence-electron chi connectivity index (χ3n) is 5.00. The van der Waals surface area contributed by atoms with Gasteiger partial charge in [0.2, 0.25) is 5.91 Å². The van der Waals surface area contributed by atoms with Crippen molar-refractivity contribution in [2.75, 3.05) is 27.2 Å². The molecule has 1 heterocycles. The van der Waals surface area contributed by atoms with Crippen molar-refractivity contribution in [3.8, 4) is 0 Å². The van der Waals surface area contributed by atoms with Crippen molar-refractivity contribution >= 4 is 16.1 Å². The number of carbonyl (C=O) groups is 1. The number of rotatable bonds is 5. The van der Waals surface area contributed by atoms with E-state index >= 15 is 0 Å². The number of aryl methyl sites for hydroxylation is 2. The van der Waals surface area contributed by atoms with E-state index in [2.05, 4.69) is 31.3 Å². The summed E-state index contributed by atoms with van der Waals surface area (Å²) in [6, 6.07) is 6.15. The smallest absolute Gasteiger partial charge is 0.281 e. The normalized spacial score (nSPS) is 18.3. The third kappa shape index (κ3) is 4.59. The Balaban J connectivity index is 1.93. The van der Waals surface area contributed by atoms with Crippen LogP contribution >= 0.6 is 0 Å². The monoisotopic (exact) mass is 367 g/mol. The van der Waals surface area contributed by atoms with E-state index in [1.165, 1.54) is 33.8 Å². The first-order chi connectivity index (χ1) is 11.6. The number of nitrogens with one attached hydrogen (secondary N) is 1. The summed E-state index contributed by atoms with van der Waals surface area (Å²) in [6.07, 6.45) is 1.11. The second-order valence-corrected chi connectivity index (χ2v) is 9.18. The Morgan fingerprint density at radius 1 is 1.20 bits per heavy atom. The van der Waals surface area contributed by atoms with Gasteiger partial charge in [-0.25, -0.2) is 0 Å². The molecule has 0 radical (unpaired) electrons. The van der Waals surface area contributed by atoms with Crippen LogP contribution in [0.5, 0.6) is 0 Å². The van der Waals surface area contributed by atoms with Gasteiger partial charge in [0.25, 0.3) is 10.2 Å². The van der Waals surface area contributed by atoms with Crippen molar-refractivity contribution in [1.82, 2.24) is 13.9 Å². The first-order valence-electron chi connectivity index (χ1n) is 8.68. The van der Waals surface area contributed by atoms with E-state index in [1.54, 1.807) is 0 Å². The fourth-order valence-corrected chi connectivity index (χ4v) is 4.16. The van der Waals surface area contributed by atoms with E-state index in [4.69, 9.17) is 0 Å². The van der Waals surface area contributed by atoms with Crippen molar-refractivity contribution in [3.63, 3.8) is 0 Å². The van der Waals surface area contributed by atoms with Gasteiger partial charge in [0.05, 0.1) is 6.04 Å². The quantitative estimate of drug-likeness (QED) is 0.865. The van der Waals surface area contributed by atoms with Gasteiger partial charge < -0.3 is 5.32 Å². The summed E-state index contributed by atoms with van der Waals surface area (Å²) in [5.41, 5.74) is 3.53. The zero-order valence-electron chi connectivity index (χ0n) is 15.7. The summed E-state index contributed by atoms with van der Waals surface area (Å²) in [7, 11) is -0.335. The van der Waals surface area contributed by atoms with E-state index in [9.17, 15) is 13.2 Å². The Kier molecular flexibility index (Phi) is 6.24. The number of nitrogens with zero attached hydrogens (tertiary/aromatic N) is 2. The van der Waals surface area contributed by atoms with Gasteiger partial charge in [-0.2, -0.15) is 17.0 Å².